The fourth-order valence-corrected chi connectivity index (χ4v) is 2.68. The van der Waals surface area contributed by atoms with Crippen LogP contribution in [-0.4, -0.2) is 0 Å². The van der Waals surface area contributed by atoms with Crippen LogP contribution in [-0.2, 0) is 25.8 Å². The van der Waals surface area contributed by atoms with Crippen molar-refractivity contribution >= 4 is 12.2 Å². The predicted octanol–water partition coefficient (Wildman–Crippen LogP) is -0.754. The molecule has 2 aromatic rings. The monoisotopic (exact) mass is 508 g/mol. The first-order valence-corrected chi connectivity index (χ1v) is 7.12. The van der Waals surface area contributed by atoms with E-state index in [0.717, 1.165) is 0 Å². The Bertz CT molecular complexity index is 617. The maximum absolute atomic E-state index is 3.26. The number of fused-ring (bicyclic) bond motifs is 2. The van der Waals surface area contributed by atoms with Gasteiger partial charge in [0.25, 0.3) is 0 Å². The van der Waals surface area contributed by atoms with Crippen LogP contribution in [0.3, 0.4) is 0 Å². The van der Waals surface area contributed by atoms with Crippen molar-refractivity contribution in [2.24, 2.45) is 0 Å². The van der Waals surface area contributed by atoms with Crippen LogP contribution in [0.1, 0.15) is 47.9 Å². The standard InChI is InChI=1S/2C10H9.2ClH.Hf/c2*1-8-6-7-9-4-2-3-5-10(8)9;;;/h2*2-5,7-8H,1H3;2*1H;/q2*-1;;;+4/p-2. The van der Waals surface area contributed by atoms with Gasteiger partial charge in [0.1, 0.15) is 0 Å². The van der Waals surface area contributed by atoms with Crippen molar-refractivity contribution in [1.82, 2.24) is 0 Å². The number of rotatable bonds is 0. The molecule has 0 saturated heterocycles. The summed E-state index contributed by atoms with van der Waals surface area (Å²) in [4.78, 5) is 0. The van der Waals surface area contributed by atoms with E-state index in [2.05, 4.69) is 86.7 Å². The van der Waals surface area contributed by atoms with Gasteiger partial charge in [0.15, 0.2) is 0 Å². The molecule has 0 spiro atoms. The van der Waals surface area contributed by atoms with E-state index < -0.39 is 0 Å². The molecule has 0 heterocycles. The Morgan fingerprint density at radius 2 is 1.00 bits per heavy atom. The van der Waals surface area contributed by atoms with Crippen LogP contribution in [0, 0.1) is 12.2 Å². The summed E-state index contributed by atoms with van der Waals surface area (Å²) in [5, 5.41) is 0. The zero-order valence-electron chi connectivity index (χ0n) is 13.2. The topological polar surface area (TPSA) is 0 Å². The zero-order chi connectivity index (χ0) is 13.9. The van der Waals surface area contributed by atoms with Gasteiger partial charge in [0.05, 0.1) is 0 Å². The molecule has 0 nitrogen and oxygen atoms in total. The van der Waals surface area contributed by atoms with E-state index >= 15 is 0 Å². The summed E-state index contributed by atoms with van der Waals surface area (Å²) in [5.41, 5.74) is 5.47. The molecule has 0 amide bonds. The average Bonchev–Trinajstić information content (AvgIpc) is 3.05. The van der Waals surface area contributed by atoms with E-state index in [4.69, 9.17) is 0 Å². The number of halogens is 2. The second kappa shape index (κ2) is 10.3. The zero-order valence-corrected chi connectivity index (χ0v) is 18.3. The summed E-state index contributed by atoms with van der Waals surface area (Å²) < 4.78 is 0. The Balaban J connectivity index is 0.000000372. The van der Waals surface area contributed by atoms with E-state index in [9.17, 15) is 0 Å². The largest absolute Gasteiger partial charge is 4.00 e. The van der Waals surface area contributed by atoms with Gasteiger partial charge in [-0.25, -0.2) is 12.2 Å². The van der Waals surface area contributed by atoms with Crippen LogP contribution < -0.4 is 24.8 Å². The Morgan fingerprint density at radius 3 is 1.35 bits per heavy atom. The minimum absolute atomic E-state index is 0. The minimum Gasteiger partial charge on any atom is -1.00 e. The quantitative estimate of drug-likeness (QED) is 0.325. The van der Waals surface area contributed by atoms with Gasteiger partial charge in [-0.3, -0.25) is 12.2 Å². The van der Waals surface area contributed by atoms with E-state index in [1.165, 1.54) is 22.3 Å². The molecule has 2 aliphatic carbocycles. The maximum atomic E-state index is 3.26. The van der Waals surface area contributed by atoms with Gasteiger partial charge in [-0.2, -0.15) is 11.1 Å². The minimum atomic E-state index is 0. The van der Waals surface area contributed by atoms with Crippen molar-refractivity contribution in [2.45, 2.75) is 25.7 Å². The molecule has 2 atom stereocenters. The van der Waals surface area contributed by atoms with Crippen LogP contribution in [0.25, 0.3) is 12.2 Å². The predicted molar refractivity (Wildman–Crippen MR) is 85.1 cm³/mol. The van der Waals surface area contributed by atoms with Crippen LogP contribution in [0.5, 0.6) is 0 Å². The van der Waals surface area contributed by atoms with Gasteiger partial charge in [0.2, 0.25) is 0 Å². The van der Waals surface area contributed by atoms with Crippen LogP contribution in [0.15, 0.2) is 48.5 Å². The number of hydrogen-bond donors (Lipinski definition) is 0. The molecule has 0 radical (unpaired) electrons. The number of benzene rings is 2. The Labute approximate surface area is 170 Å². The third-order valence-electron chi connectivity index (χ3n) is 3.90. The first-order valence-electron chi connectivity index (χ1n) is 7.12. The van der Waals surface area contributed by atoms with Crippen molar-refractivity contribution in [3.8, 4) is 0 Å². The van der Waals surface area contributed by atoms with Gasteiger partial charge < -0.3 is 24.8 Å². The fraction of sp³-hybridized carbons (Fsp3) is 0.200. The van der Waals surface area contributed by atoms with Gasteiger partial charge in [0, 0.05) is 0 Å². The molecule has 0 aliphatic heterocycles. The molecule has 0 N–H and O–H groups in total. The van der Waals surface area contributed by atoms with Crippen LogP contribution in [0.2, 0.25) is 0 Å². The molecule has 2 unspecified atom stereocenters. The molecule has 0 fully saturated rings. The average molecular weight is 508 g/mol. The smallest absolute Gasteiger partial charge is 1.00 e. The molecule has 3 heteroatoms. The molecule has 0 aromatic heterocycles. The summed E-state index contributed by atoms with van der Waals surface area (Å²) in [5.74, 6) is 0.993. The van der Waals surface area contributed by atoms with Crippen molar-refractivity contribution < 1.29 is 50.7 Å². The van der Waals surface area contributed by atoms with E-state index in [1.54, 1.807) is 0 Å². The Kier molecular flexibility index (Phi) is 10.00. The molecule has 23 heavy (non-hydrogen) atoms. The molecular weight excluding hydrogens is 490 g/mol. The molecule has 2 aromatic carbocycles. The molecular formula is C20H18Cl2Hf. The second-order valence-corrected chi connectivity index (χ2v) is 5.32. The first kappa shape index (κ1) is 22.4. The molecule has 2 aliphatic rings. The Hall–Kier alpha value is -0.630. The number of hydrogen-bond acceptors (Lipinski definition) is 0. The van der Waals surface area contributed by atoms with Crippen molar-refractivity contribution in [1.29, 1.82) is 0 Å². The van der Waals surface area contributed by atoms with Gasteiger partial charge in [-0.05, 0) is 0 Å². The summed E-state index contributed by atoms with van der Waals surface area (Å²) in [6.07, 6.45) is 10.7. The maximum Gasteiger partial charge on any atom is 4.00 e. The van der Waals surface area contributed by atoms with Crippen LogP contribution in [0.4, 0.5) is 0 Å². The molecule has 0 saturated carbocycles. The van der Waals surface area contributed by atoms with Crippen LogP contribution >= 0.6 is 0 Å². The van der Waals surface area contributed by atoms with E-state index in [0.29, 0.717) is 11.8 Å². The number of allylic oxidation sites excluding steroid dienone is 2. The first-order chi connectivity index (χ1) is 9.75. The Morgan fingerprint density at radius 1 is 0.652 bits per heavy atom. The molecule has 116 valence electrons. The summed E-state index contributed by atoms with van der Waals surface area (Å²) in [6, 6.07) is 16.9. The SMILES string of the molecule is CC1[C-]=Cc2ccccc21.CC1[C-]=Cc2ccccc21.[Cl-].[Cl-].[Hf+4]. The van der Waals surface area contributed by atoms with Crippen molar-refractivity contribution in [3.63, 3.8) is 0 Å². The summed E-state index contributed by atoms with van der Waals surface area (Å²) in [7, 11) is 0. The van der Waals surface area contributed by atoms with Gasteiger partial charge in [-0.15, -0.1) is 23.3 Å². The van der Waals surface area contributed by atoms with Crippen molar-refractivity contribution in [2.75, 3.05) is 0 Å². The van der Waals surface area contributed by atoms with Gasteiger partial charge >= 0.3 is 25.8 Å². The fourth-order valence-electron chi connectivity index (χ4n) is 2.68. The normalized spacial score (nSPS) is 18.3. The van der Waals surface area contributed by atoms with E-state index in [-0.39, 0.29) is 50.7 Å². The third kappa shape index (κ3) is 5.17. The van der Waals surface area contributed by atoms with Crippen molar-refractivity contribution in [3.05, 3.63) is 82.9 Å². The molecule has 4 rings (SSSR count). The summed E-state index contributed by atoms with van der Waals surface area (Å²) >= 11 is 0. The summed E-state index contributed by atoms with van der Waals surface area (Å²) in [6.45, 7) is 4.34. The third-order valence-corrected chi connectivity index (χ3v) is 3.90. The molecule has 0 bridgehead atoms. The van der Waals surface area contributed by atoms with E-state index in [1.807, 2.05) is 0 Å². The second-order valence-electron chi connectivity index (χ2n) is 5.32. The van der Waals surface area contributed by atoms with Gasteiger partial charge in [-0.1, -0.05) is 62.1 Å².